The first-order valence-electron chi connectivity index (χ1n) is 7.36. The molecule has 4 rings (SSSR count). The second-order valence-corrected chi connectivity index (χ2v) is 6.07. The number of likely N-dealkylation sites (tertiary alicyclic amines) is 1. The molecule has 2 heterocycles. The highest BCUT2D eigenvalue weighted by atomic mass is 16.3. The van der Waals surface area contributed by atoms with Gasteiger partial charge in [-0.25, -0.2) is 4.98 Å². The monoisotopic (exact) mass is 270 g/mol. The Morgan fingerprint density at radius 3 is 3.00 bits per heavy atom. The lowest BCUT2D eigenvalue weighted by molar-refractivity contribution is -0.131. The first-order valence-corrected chi connectivity index (χ1v) is 7.36. The topological polar surface area (TPSA) is 46.3 Å². The normalized spacial score (nSPS) is 22.6. The number of carbonyl (C=O) groups excluding carboxylic acids is 1. The maximum absolute atomic E-state index is 12.1. The van der Waals surface area contributed by atoms with Crippen LogP contribution in [-0.2, 0) is 4.79 Å². The molecule has 2 aromatic rings. The quantitative estimate of drug-likeness (QED) is 0.843. The summed E-state index contributed by atoms with van der Waals surface area (Å²) in [5.74, 6) is 1.68. The van der Waals surface area contributed by atoms with E-state index in [1.807, 2.05) is 23.1 Å². The van der Waals surface area contributed by atoms with Crippen molar-refractivity contribution in [2.75, 3.05) is 13.1 Å². The molecule has 1 aromatic carbocycles. The molecule has 104 valence electrons. The second-order valence-electron chi connectivity index (χ2n) is 6.07. The summed E-state index contributed by atoms with van der Waals surface area (Å²) in [7, 11) is 0. The number of hydrogen-bond acceptors (Lipinski definition) is 3. The van der Waals surface area contributed by atoms with E-state index < -0.39 is 0 Å². The molecule has 0 spiro atoms. The van der Waals surface area contributed by atoms with E-state index in [0.29, 0.717) is 11.8 Å². The Morgan fingerprint density at radius 2 is 2.20 bits per heavy atom. The highest BCUT2D eigenvalue weighted by Crippen LogP contribution is 2.35. The number of nitrogens with zero attached hydrogens (tertiary/aromatic N) is 2. The Balaban J connectivity index is 1.56. The molecule has 1 saturated carbocycles. The first-order chi connectivity index (χ1) is 9.70. The van der Waals surface area contributed by atoms with Crippen molar-refractivity contribution in [1.82, 2.24) is 9.88 Å². The third-order valence-corrected chi connectivity index (χ3v) is 4.34. The van der Waals surface area contributed by atoms with Crippen molar-refractivity contribution in [1.29, 1.82) is 0 Å². The first kappa shape index (κ1) is 11.9. The summed E-state index contributed by atoms with van der Waals surface area (Å²) in [6, 6.07) is 6.06. The van der Waals surface area contributed by atoms with Crippen LogP contribution in [0.2, 0.25) is 0 Å². The number of benzene rings is 1. The third kappa shape index (κ3) is 1.99. The van der Waals surface area contributed by atoms with E-state index in [1.54, 1.807) is 0 Å². The molecule has 0 N–H and O–H groups in total. The lowest BCUT2D eigenvalue weighted by Crippen LogP contribution is -2.29. The van der Waals surface area contributed by atoms with Crippen LogP contribution in [0.1, 0.15) is 36.6 Å². The zero-order valence-corrected chi connectivity index (χ0v) is 11.6. The molecule has 2 aliphatic rings. The second kappa shape index (κ2) is 4.33. The number of aromatic nitrogens is 1. The largest absolute Gasteiger partial charge is 0.440 e. The fourth-order valence-corrected chi connectivity index (χ4v) is 2.98. The molecule has 1 saturated heterocycles. The van der Waals surface area contributed by atoms with Crippen LogP contribution in [0.4, 0.5) is 0 Å². The molecule has 0 unspecified atom stereocenters. The molecule has 1 aromatic heterocycles. The molecule has 2 fully saturated rings. The van der Waals surface area contributed by atoms with Crippen LogP contribution in [0.15, 0.2) is 22.6 Å². The van der Waals surface area contributed by atoms with Gasteiger partial charge in [-0.2, -0.15) is 0 Å². The highest BCUT2D eigenvalue weighted by molar-refractivity contribution is 5.81. The Kier molecular flexibility index (Phi) is 2.59. The molecular formula is C16H18N2O2. The van der Waals surface area contributed by atoms with E-state index in [2.05, 4.69) is 11.9 Å². The van der Waals surface area contributed by atoms with Gasteiger partial charge >= 0.3 is 0 Å². The Hall–Kier alpha value is -1.84. The number of aryl methyl sites for hydroxylation is 1. The number of amides is 1. The van der Waals surface area contributed by atoms with Gasteiger partial charge in [-0.05, 0) is 43.9 Å². The van der Waals surface area contributed by atoms with Gasteiger partial charge in [-0.3, -0.25) is 4.79 Å². The number of oxazole rings is 1. The minimum absolute atomic E-state index is 0.255. The smallest absolute Gasteiger partial charge is 0.225 e. The molecule has 4 heteroatoms. The van der Waals surface area contributed by atoms with Gasteiger partial charge in [0, 0.05) is 19.0 Å². The van der Waals surface area contributed by atoms with Crippen molar-refractivity contribution >= 4 is 17.0 Å². The zero-order valence-electron chi connectivity index (χ0n) is 11.6. The van der Waals surface area contributed by atoms with Gasteiger partial charge in [-0.15, -0.1) is 0 Å². The molecule has 1 aliphatic carbocycles. The summed E-state index contributed by atoms with van der Waals surface area (Å²) < 4.78 is 5.86. The summed E-state index contributed by atoms with van der Waals surface area (Å²) in [4.78, 5) is 18.7. The summed E-state index contributed by atoms with van der Waals surface area (Å²) in [5.41, 5.74) is 2.96. The number of rotatable bonds is 2. The lowest BCUT2D eigenvalue weighted by Gasteiger charge is -2.15. The molecule has 0 bridgehead atoms. The molecule has 0 radical (unpaired) electrons. The summed E-state index contributed by atoms with van der Waals surface area (Å²) >= 11 is 0. The van der Waals surface area contributed by atoms with Gasteiger partial charge in [0.2, 0.25) is 5.91 Å². The fourth-order valence-electron chi connectivity index (χ4n) is 2.98. The van der Waals surface area contributed by atoms with Gasteiger partial charge in [-0.1, -0.05) is 6.07 Å². The van der Waals surface area contributed by atoms with Crippen LogP contribution in [0.3, 0.4) is 0 Å². The average molecular weight is 270 g/mol. The SMILES string of the molecule is Cc1ccc2oc([C@@H]3CCN(C(=O)C4CC4)C3)nc2c1. The van der Waals surface area contributed by atoms with Crippen molar-refractivity contribution in [3.05, 3.63) is 29.7 Å². The zero-order chi connectivity index (χ0) is 13.7. The van der Waals surface area contributed by atoms with Crippen LogP contribution in [0.25, 0.3) is 11.1 Å². The third-order valence-electron chi connectivity index (χ3n) is 4.34. The minimum atomic E-state index is 0.255. The summed E-state index contributed by atoms with van der Waals surface area (Å²) in [5, 5.41) is 0. The molecule has 20 heavy (non-hydrogen) atoms. The van der Waals surface area contributed by atoms with E-state index in [-0.39, 0.29) is 5.92 Å². The Labute approximate surface area is 117 Å². The predicted octanol–water partition coefficient (Wildman–Crippen LogP) is 2.86. The van der Waals surface area contributed by atoms with Crippen LogP contribution < -0.4 is 0 Å². The van der Waals surface area contributed by atoms with Gasteiger partial charge in [0.25, 0.3) is 0 Å². The molecule has 1 amide bonds. The Bertz CT molecular complexity index is 672. The summed E-state index contributed by atoms with van der Waals surface area (Å²) in [6.45, 7) is 3.66. The molecule has 4 nitrogen and oxygen atoms in total. The minimum Gasteiger partial charge on any atom is -0.440 e. The molecule has 1 atom stereocenters. The lowest BCUT2D eigenvalue weighted by atomic mass is 10.1. The van der Waals surface area contributed by atoms with E-state index in [1.165, 1.54) is 5.56 Å². The summed E-state index contributed by atoms with van der Waals surface area (Å²) in [6.07, 6.45) is 3.11. The van der Waals surface area contributed by atoms with Crippen molar-refractivity contribution in [2.45, 2.75) is 32.1 Å². The highest BCUT2D eigenvalue weighted by Gasteiger charge is 2.38. The average Bonchev–Trinajstić information content (AvgIpc) is 3.01. The van der Waals surface area contributed by atoms with Crippen molar-refractivity contribution in [3.8, 4) is 0 Å². The van der Waals surface area contributed by atoms with E-state index in [0.717, 1.165) is 49.3 Å². The van der Waals surface area contributed by atoms with Gasteiger partial charge in [0.1, 0.15) is 5.52 Å². The van der Waals surface area contributed by atoms with E-state index >= 15 is 0 Å². The van der Waals surface area contributed by atoms with Gasteiger partial charge in [0.05, 0.1) is 5.92 Å². The number of hydrogen-bond donors (Lipinski definition) is 0. The molecular weight excluding hydrogens is 252 g/mol. The number of carbonyl (C=O) groups is 1. The molecule has 1 aliphatic heterocycles. The standard InChI is InChI=1S/C16H18N2O2/c1-10-2-5-14-13(8-10)17-15(20-14)12-6-7-18(9-12)16(19)11-3-4-11/h2,5,8,11-12H,3-4,6-7,9H2,1H3/t12-/m1/s1. The van der Waals surface area contributed by atoms with Crippen LogP contribution in [0, 0.1) is 12.8 Å². The van der Waals surface area contributed by atoms with Crippen molar-refractivity contribution in [2.24, 2.45) is 5.92 Å². The van der Waals surface area contributed by atoms with Crippen molar-refractivity contribution in [3.63, 3.8) is 0 Å². The van der Waals surface area contributed by atoms with E-state index in [4.69, 9.17) is 4.42 Å². The number of fused-ring (bicyclic) bond motifs is 1. The predicted molar refractivity (Wildman–Crippen MR) is 75.4 cm³/mol. The van der Waals surface area contributed by atoms with Crippen molar-refractivity contribution < 1.29 is 9.21 Å². The van der Waals surface area contributed by atoms with Gasteiger partial charge < -0.3 is 9.32 Å². The van der Waals surface area contributed by atoms with Crippen LogP contribution in [0.5, 0.6) is 0 Å². The van der Waals surface area contributed by atoms with E-state index in [9.17, 15) is 4.79 Å². The Morgan fingerprint density at radius 1 is 1.35 bits per heavy atom. The van der Waals surface area contributed by atoms with Crippen LogP contribution in [-0.4, -0.2) is 28.9 Å². The van der Waals surface area contributed by atoms with Gasteiger partial charge in [0.15, 0.2) is 11.5 Å². The fraction of sp³-hybridized carbons (Fsp3) is 0.500. The van der Waals surface area contributed by atoms with Crippen LogP contribution >= 0.6 is 0 Å². The maximum Gasteiger partial charge on any atom is 0.225 e. The maximum atomic E-state index is 12.1.